The minimum Gasteiger partial charge on any atom is -0.491 e. The molecular weight excluding hydrogens is 404 g/mol. The quantitative estimate of drug-likeness (QED) is 0.719. The zero-order chi connectivity index (χ0) is 21.1. The fourth-order valence-electron chi connectivity index (χ4n) is 4.13. The number of hydrogen-bond acceptors (Lipinski definition) is 6. The number of rotatable bonds is 6. The van der Waals surface area contributed by atoms with Crippen LogP contribution in [0.25, 0.3) is 11.3 Å². The van der Waals surface area contributed by atoms with Crippen LogP contribution in [-0.2, 0) is 16.4 Å². The largest absolute Gasteiger partial charge is 0.491 e. The van der Waals surface area contributed by atoms with Crippen molar-refractivity contribution in [1.29, 1.82) is 0 Å². The van der Waals surface area contributed by atoms with Crippen LogP contribution < -0.4 is 15.4 Å². The second-order valence-corrected chi connectivity index (χ2v) is 10.4. The molecule has 1 fully saturated rings. The highest BCUT2D eigenvalue weighted by atomic mass is 32.2. The lowest BCUT2D eigenvalue weighted by Crippen LogP contribution is -2.43. The van der Waals surface area contributed by atoms with E-state index in [1.165, 1.54) is 6.26 Å². The number of benzene rings is 1. The first kappa shape index (κ1) is 20.9. The maximum atomic E-state index is 12.8. The number of fused-ring (bicyclic) bond motifs is 3. The minimum atomic E-state index is -2.94. The molecule has 0 atom stereocenters. The van der Waals surface area contributed by atoms with Crippen molar-refractivity contribution < 1.29 is 17.9 Å². The van der Waals surface area contributed by atoms with E-state index < -0.39 is 9.84 Å². The summed E-state index contributed by atoms with van der Waals surface area (Å²) in [5, 5.41) is 6.47. The Morgan fingerprint density at radius 1 is 1.23 bits per heavy atom. The maximum absolute atomic E-state index is 12.8. The van der Waals surface area contributed by atoms with E-state index in [-0.39, 0.29) is 17.7 Å². The predicted molar refractivity (Wildman–Crippen MR) is 114 cm³/mol. The summed E-state index contributed by atoms with van der Waals surface area (Å²) in [5.41, 5.74) is 2.45. The summed E-state index contributed by atoms with van der Waals surface area (Å²) < 4.78 is 30.3. The van der Waals surface area contributed by atoms with Crippen molar-refractivity contribution in [2.45, 2.75) is 44.3 Å². The highest BCUT2D eigenvalue weighted by Crippen LogP contribution is 2.33. The smallest absolute Gasteiger partial charge is 0.251 e. The molecule has 0 unspecified atom stereocenters. The van der Waals surface area contributed by atoms with Crippen molar-refractivity contribution in [3.8, 4) is 17.0 Å². The number of nitrogens with one attached hydrogen (secondary N) is 2. The second-order valence-electron chi connectivity index (χ2n) is 8.14. The Morgan fingerprint density at radius 3 is 2.77 bits per heavy atom. The number of ether oxygens (including phenoxy) is 1. The number of carbonyl (C=O) groups is 1. The van der Waals surface area contributed by atoms with Gasteiger partial charge in [0.15, 0.2) is 0 Å². The predicted octanol–water partition coefficient (Wildman–Crippen LogP) is 1.62. The third kappa shape index (κ3) is 5.02. The molecule has 0 bridgehead atoms. The van der Waals surface area contributed by atoms with Crippen molar-refractivity contribution in [2.24, 2.45) is 0 Å². The summed E-state index contributed by atoms with van der Waals surface area (Å²) in [4.78, 5) is 17.1. The fraction of sp³-hybridized carbons (Fsp3) is 0.524. The highest BCUT2D eigenvalue weighted by Gasteiger charge is 2.24. The van der Waals surface area contributed by atoms with Crippen LogP contribution in [0.15, 0.2) is 30.7 Å². The van der Waals surface area contributed by atoms with Gasteiger partial charge in [-0.1, -0.05) is 0 Å². The van der Waals surface area contributed by atoms with Gasteiger partial charge in [-0.15, -0.1) is 0 Å². The van der Waals surface area contributed by atoms with E-state index in [0.717, 1.165) is 49.2 Å². The average molecular weight is 433 g/mol. The van der Waals surface area contributed by atoms with E-state index in [0.29, 0.717) is 24.8 Å². The molecule has 2 N–H and O–H groups in total. The van der Waals surface area contributed by atoms with Gasteiger partial charge >= 0.3 is 0 Å². The Bertz CT molecular complexity index is 1010. The Hall–Kier alpha value is -2.39. The maximum Gasteiger partial charge on any atom is 0.251 e. The molecular formula is C21H28N4O4S. The summed E-state index contributed by atoms with van der Waals surface area (Å²) in [6.45, 7) is 1.78. The standard InChI is InChI=1S/C21H28N4O4S/c1-30(27,28)11-8-23-16-3-5-17(6-4-16)24-21(26)15-2-7-20-18(12-15)19-13-22-14-25(19)9-10-29-20/h2,7,12-14,16-17,23H,3-6,8-11H2,1H3,(H,24,26). The molecule has 1 saturated carbocycles. The molecule has 1 aliphatic carbocycles. The van der Waals surface area contributed by atoms with Crippen LogP contribution in [0.1, 0.15) is 36.0 Å². The second kappa shape index (κ2) is 8.77. The summed E-state index contributed by atoms with van der Waals surface area (Å²) in [6.07, 6.45) is 8.43. The summed E-state index contributed by atoms with van der Waals surface area (Å²) >= 11 is 0. The van der Waals surface area contributed by atoms with Gasteiger partial charge in [-0.2, -0.15) is 0 Å². The molecule has 1 amide bonds. The first-order valence-corrected chi connectivity index (χ1v) is 12.4. The van der Waals surface area contributed by atoms with Crippen molar-refractivity contribution in [1.82, 2.24) is 20.2 Å². The molecule has 0 saturated heterocycles. The van der Waals surface area contributed by atoms with E-state index in [1.54, 1.807) is 18.6 Å². The van der Waals surface area contributed by atoms with Crippen LogP contribution >= 0.6 is 0 Å². The van der Waals surface area contributed by atoms with Crippen LogP contribution in [0, 0.1) is 0 Å². The lowest BCUT2D eigenvalue weighted by atomic mass is 9.91. The fourth-order valence-corrected chi connectivity index (χ4v) is 4.62. The van der Waals surface area contributed by atoms with E-state index in [9.17, 15) is 13.2 Å². The van der Waals surface area contributed by atoms with E-state index >= 15 is 0 Å². The van der Waals surface area contributed by atoms with E-state index in [2.05, 4.69) is 15.6 Å². The Balaban J connectivity index is 1.34. The minimum absolute atomic E-state index is 0.0819. The van der Waals surface area contributed by atoms with Gasteiger partial charge in [0, 0.05) is 36.0 Å². The molecule has 1 aliphatic heterocycles. The normalized spacial score (nSPS) is 21.1. The zero-order valence-electron chi connectivity index (χ0n) is 17.1. The molecule has 8 nitrogen and oxygen atoms in total. The summed E-state index contributed by atoms with van der Waals surface area (Å²) in [5.74, 6) is 0.845. The SMILES string of the molecule is CS(=O)(=O)CCNC1CCC(NC(=O)c2ccc3c(c2)-c2cncn2CCO3)CC1. The molecule has 2 aromatic rings. The molecule has 162 valence electrons. The van der Waals surface area contributed by atoms with Gasteiger partial charge < -0.3 is 19.9 Å². The molecule has 2 heterocycles. The molecule has 1 aromatic heterocycles. The topological polar surface area (TPSA) is 102 Å². The van der Waals surface area contributed by atoms with Crippen LogP contribution in [0.5, 0.6) is 5.75 Å². The van der Waals surface area contributed by atoms with E-state index in [1.807, 2.05) is 16.7 Å². The molecule has 2 aliphatic rings. The molecule has 1 aromatic carbocycles. The van der Waals surface area contributed by atoms with Crippen LogP contribution in [0.4, 0.5) is 0 Å². The van der Waals surface area contributed by atoms with Crippen molar-refractivity contribution in [3.05, 3.63) is 36.3 Å². The van der Waals surface area contributed by atoms with Crippen molar-refractivity contribution in [2.75, 3.05) is 25.2 Å². The number of sulfone groups is 1. The number of amides is 1. The Kier molecular flexibility index (Phi) is 6.10. The van der Waals surface area contributed by atoms with Gasteiger partial charge in [0.05, 0.1) is 30.5 Å². The lowest BCUT2D eigenvalue weighted by Gasteiger charge is -2.29. The summed E-state index contributed by atoms with van der Waals surface area (Å²) in [7, 11) is -2.94. The van der Waals surface area contributed by atoms with Gasteiger partial charge in [0.2, 0.25) is 0 Å². The molecule has 9 heteroatoms. The van der Waals surface area contributed by atoms with E-state index in [4.69, 9.17) is 4.74 Å². The lowest BCUT2D eigenvalue weighted by molar-refractivity contribution is 0.0924. The van der Waals surface area contributed by atoms with Crippen LogP contribution in [0.3, 0.4) is 0 Å². The van der Waals surface area contributed by atoms with Gasteiger partial charge in [-0.05, 0) is 43.9 Å². The van der Waals surface area contributed by atoms with Crippen molar-refractivity contribution >= 4 is 15.7 Å². The number of carbonyl (C=O) groups excluding carboxylic acids is 1. The third-order valence-corrected chi connectivity index (χ3v) is 6.73. The van der Waals surface area contributed by atoms with Gasteiger partial charge in [0.25, 0.3) is 5.91 Å². The Labute approximate surface area is 176 Å². The van der Waals surface area contributed by atoms with Crippen molar-refractivity contribution in [3.63, 3.8) is 0 Å². The summed E-state index contributed by atoms with van der Waals surface area (Å²) in [6, 6.07) is 5.98. The van der Waals surface area contributed by atoms with Crippen LogP contribution in [-0.4, -0.2) is 61.1 Å². The number of nitrogens with zero attached hydrogens (tertiary/aromatic N) is 2. The Morgan fingerprint density at radius 2 is 2.00 bits per heavy atom. The average Bonchev–Trinajstić information content (AvgIpc) is 3.10. The first-order valence-electron chi connectivity index (χ1n) is 10.4. The molecule has 30 heavy (non-hydrogen) atoms. The third-order valence-electron chi connectivity index (χ3n) is 5.79. The van der Waals surface area contributed by atoms with Gasteiger partial charge in [0.1, 0.15) is 22.2 Å². The molecule has 4 rings (SSSR count). The van der Waals surface area contributed by atoms with Gasteiger partial charge in [-0.25, -0.2) is 13.4 Å². The highest BCUT2D eigenvalue weighted by molar-refractivity contribution is 7.90. The molecule has 0 spiro atoms. The van der Waals surface area contributed by atoms with Gasteiger partial charge in [-0.3, -0.25) is 4.79 Å². The number of imidazole rings is 1. The number of hydrogen-bond donors (Lipinski definition) is 2. The van der Waals surface area contributed by atoms with Crippen LogP contribution in [0.2, 0.25) is 0 Å². The monoisotopic (exact) mass is 432 g/mol. The first-order chi connectivity index (χ1) is 14.4. The zero-order valence-corrected chi connectivity index (χ0v) is 18.0. The molecule has 0 radical (unpaired) electrons. The number of aromatic nitrogens is 2.